The van der Waals surface area contributed by atoms with Crippen LogP contribution in [0.25, 0.3) is 11.3 Å². The number of rotatable bonds is 7. The molecule has 3 aromatic rings. The number of ketones is 1. The molecule has 1 aromatic heterocycles. The number of furan rings is 1. The lowest BCUT2D eigenvalue weighted by Gasteiger charge is -2.18. The summed E-state index contributed by atoms with van der Waals surface area (Å²) in [5.41, 5.74) is 1.71. The first-order valence-electron chi connectivity index (χ1n) is 9.48. The van der Waals surface area contributed by atoms with Gasteiger partial charge in [-0.15, -0.1) is 0 Å². The normalized spacial score (nSPS) is 12.5. The van der Waals surface area contributed by atoms with Crippen LogP contribution in [0.15, 0.2) is 65.1 Å². The van der Waals surface area contributed by atoms with Crippen molar-refractivity contribution < 1.29 is 28.3 Å². The van der Waals surface area contributed by atoms with Crippen LogP contribution in [0.4, 0.5) is 5.69 Å². The molecule has 30 heavy (non-hydrogen) atoms. The molecule has 2 heterocycles. The van der Waals surface area contributed by atoms with E-state index >= 15 is 0 Å². The maximum atomic E-state index is 12.3. The average Bonchev–Trinajstić information content (AvgIpc) is 3.25. The van der Waals surface area contributed by atoms with Gasteiger partial charge in [0.15, 0.2) is 19.0 Å². The molecular formula is C23H19NO6. The molecule has 1 aliphatic rings. The van der Waals surface area contributed by atoms with Gasteiger partial charge in [-0.25, -0.2) is 0 Å². The first kappa shape index (κ1) is 19.4. The maximum Gasteiger partial charge on any atom is 0.306 e. The Bertz CT molecular complexity index is 1090. The number of carbonyl (C=O) groups excluding carboxylic acids is 3. The van der Waals surface area contributed by atoms with E-state index in [0.717, 1.165) is 11.3 Å². The third kappa shape index (κ3) is 4.57. The predicted octanol–water partition coefficient (Wildman–Crippen LogP) is 3.64. The highest BCUT2D eigenvalue weighted by atomic mass is 16.5. The minimum atomic E-state index is -0.490. The summed E-state index contributed by atoms with van der Waals surface area (Å²) in [6, 6.07) is 18.0. The molecule has 7 nitrogen and oxygen atoms in total. The Hall–Kier alpha value is -3.87. The lowest BCUT2D eigenvalue weighted by molar-refractivity contribution is -0.142. The zero-order valence-corrected chi connectivity index (χ0v) is 16.1. The van der Waals surface area contributed by atoms with E-state index in [9.17, 15) is 14.4 Å². The summed E-state index contributed by atoms with van der Waals surface area (Å²) >= 11 is 0. The van der Waals surface area contributed by atoms with E-state index in [4.69, 9.17) is 13.9 Å². The van der Waals surface area contributed by atoms with Gasteiger partial charge < -0.3 is 19.2 Å². The Morgan fingerprint density at radius 2 is 1.87 bits per heavy atom. The first-order chi connectivity index (χ1) is 14.6. The van der Waals surface area contributed by atoms with Crippen molar-refractivity contribution in [3.8, 4) is 17.1 Å². The fourth-order valence-corrected chi connectivity index (χ4v) is 3.05. The van der Waals surface area contributed by atoms with Crippen LogP contribution in [-0.2, 0) is 20.7 Å². The number of nitrogens with one attached hydrogen (secondary N) is 1. The van der Waals surface area contributed by atoms with Crippen molar-refractivity contribution in [3.63, 3.8) is 0 Å². The second-order valence-corrected chi connectivity index (χ2v) is 6.76. The van der Waals surface area contributed by atoms with Crippen LogP contribution in [0, 0.1) is 0 Å². The highest BCUT2D eigenvalue weighted by Crippen LogP contribution is 2.28. The summed E-state index contributed by atoms with van der Waals surface area (Å²) in [5.74, 6) is 0.759. The van der Waals surface area contributed by atoms with Gasteiger partial charge in [0.1, 0.15) is 17.3 Å². The highest BCUT2D eigenvalue weighted by Gasteiger charge is 2.18. The first-order valence-corrected chi connectivity index (χ1v) is 9.48. The fourth-order valence-electron chi connectivity index (χ4n) is 3.05. The quantitative estimate of drug-likeness (QED) is 0.476. The van der Waals surface area contributed by atoms with Gasteiger partial charge in [0, 0.05) is 17.5 Å². The third-order valence-corrected chi connectivity index (χ3v) is 4.59. The number of hydrogen-bond acceptors (Lipinski definition) is 6. The number of aryl methyl sites for hydroxylation is 1. The van der Waals surface area contributed by atoms with Gasteiger partial charge in [-0.05, 0) is 30.3 Å². The van der Waals surface area contributed by atoms with Gasteiger partial charge in [-0.2, -0.15) is 0 Å². The van der Waals surface area contributed by atoms with Gasteiger partial charge in [0.25, 0.3) is 5.91 Å². The number of anilines is 1. The Morgan fingerprint density at radius 3 is 2.70 bits per heavy atom. The summed E-state index contributed by atoms with van der Waals surface area (Å²) in [5, 5.41) is 2.64. The van der Waals surface area contributed by atoms with Crippen molar-refractivity contribution in [1.82, 2.24) is 0 Å². The molecule has 0 atom stereocenters. The van der Waals surface area contributed by atoms with Crippen LogP contribution < -0.4 is 10.1 Å². The van der Waals surface area contributed by atoms with Crippen LogP contribution in [-0.4, -0.2) is 30.9 Å². The van der Waals surface area contributed by atoms with Crippen molar-refractivity contribution >= 4 is 23.3 Å². The molecule has 0 radical (unpaired) electrons. The van der Waals surface area contributed by atoms with Crippen molar-refractivity contribution in [2.24, 2.45) is 0 Å². The number of fused-ring (bicyclic) bond motifs is 1. The molecule has 7 heteroatoms. The molecule has 1 aliphatic heterocycles. The summed E-state index contributed by atoms with van der Waals surface area (Å²) < 4.78 is 16.1. The summed E-state index contributed by atoms with van der Waals surface area (Å²) in [6.45, 7) is -0.430. The van der Waals surface area contributed by atoms with E-state index in [-0.39, 0.29) is 31.3 Å². The van der Waals surface area contributed by atoms with Crippen LogP contribution in [0.5, 0.6) is 5.75 Å². The number of ether oxygens (including phenoxy) is 2. The molecule has 1 N–H and O–H groups in total. The van der Waals surface area contributed by atoms with Crippen LogP contribution in [0.3, 0.4) is 0 Å². The highest BCUT2D eigenvalue weighted by molar-refractivity contribution is 6.01. The second-order valence-electron chi connectivity index (χ2n) is 6.76. The Labute approximate surface area is 172 Å². The molecule has 0 saturated heterocycles. The lowest BCUT2D eigenvalue weighted by atomic mass is 10.1. The Kier molecular flexibility index (Phi) is 5.61. The average molecular weight is 405 g/mol. The third-order valence-electron chi connectivity index (χ3n) is 4.59. The van der Waals surface area contributed by atoms with E-state index in [1.54, 1.807) is 12.1 Å². The van der Waals surface area contributed by atoms with Crippen LogP contribution >= 0.6 is 0 Å². The fraction of sp³-hybridized carbons (Fsp3) is 0.174. The molecule has 0 spiro atoms. The number of benzene rings is 2. The van der Waals surface area contributed by atoms with Gasteiger partial charge in [0.2, 0.25) is 0 Å². The second kappa shape index (κ2) is 8.65. The predicted molar refractivity (Wildman–Crippen MR) is 108 cm³/mol. The number of amides is 1. The van der Waals surface area contributed by atoms with Crippen molar-refractivity contribution in [2.45, 2.75) is 12.8 Å². The molecule has 0 unspecified atom stereocenters. The van der Waals surface area contributed by atoms with Gasteiger partial charge in [-0.3, -0.25) is 14.4 Å². The molecule has 2 aromatic carbocycles. The zero-order valence-electron chi connectivity index (χ0n) is 16.1. The minimum Gasteiger partial charge on any atom is -0.482 e. The van der Waals surface area contributed by atoms with E-state index in [1.165, 1.54) is 6.07 Å². The molecule has 1 amide bonds. The minimum absolute atomic E-state index is 0.0551. The van der Waals surface area contributed by atoms with E-state index < -0.39 is 5.97 Å². The van der Waals surface area contributed by atoms with Crippen LogP contribution in [0.2, 0.25) is 0 Å². The SMILES string of the molecule is O=C1COc2ccc(C(=O)COC(=O)CCc3ccc(-c4ccccc4)o3)cc2N1. The number of esters is 1. The standard InChI is InChI=1S/C23H19NO6/c25-19(16-6-9-21-18(12-16)24-22(26)14-28-21)13-29-23(27)11-8-17-7-10-20(30-17)15-4-2-1-3-5-15/h1-7,9-10,12H,8,11,13-14H2,(H,24,26). The van der Waals surface area contributed by atoms with Crippen molar-refractivity contribution in [1.29, 1.82) is 0 Å². The molecule has 0 aliphatic carbocycles. The van der Waals surface area contributed by atoms with Crippen molar-refractivity contribution in [3.05, 3.63) is 72.0 Å². The molecule has 152 valence electrons. The molecular weight excluding hydrogens is 386 g/mol. The number of Topliss-reactive ketones (excluding diaryl/α,β-unsaturated/α-hetero) is 1. The van der Waals surface area contributed by atoms with E-state index in [1.807, 2.05) is 42.5 Å². The number of hydrogen-bond donors (Lipinski definition) is 1. The zero-order chi connectivity index (χ0) is 20.9. The van der Waals surface area contributed by atoms with Gasteiger partial charge in [-0.1, -0.05) is 30.3 Å². The van der Waals surface area contributed by atoms with E-state index in [2.05, 4.69) is 5.32 Å². The Balaban J connectivity index is 1.27. The van der Waals surface area contributed by atoms with Crippen LogP contribution in [0.1, 0.15) is 22.5 Å². The molecule has 0 fully saturated rings. The van der Waals surface area contributed by atoms with Gasteiger partial charge >= 0.3 is 5.97 Å². The molecule has 4 rings (SSSR count). The monoisotopic (exact) mass is 405 g/mol. The summed E-state index contributed by atoms with van der Waals surface area (Å²) in [6.07, 6.45) is 0.477. The lowest BCUT2D eigenvalue weighted by Crippen LogP contribution is -2.25. The number of carbonyl (C=O) groups is 3. The van der Waals surface area contributed by atoms with E-state index in [0.29, 0.717) is 29.2 Å². The Morgan fingerprint density at radius 1 is 1.03 bits per heavy atom. The largest absolute Gasteiger partial charge is 0.482 e. The van der Waals surface area contributed by atoms with Gasteiger partial charge in [0.05, 0.1) is 12.1 Å². The topological polar surface area (TPSA) is 94.8 Å². The van der Waals surface area contributed by atoms with Crippen molar-refractivity contribution in [2.75, 3.05) is 18.5 Å². The molecule has 0 saturated carbocycles. The maximum absolute atomic E-state index is 12.3. The summed E-state index contributed by atoms with van der Waals surface area (Å²) in [4.78, 5) is 35.7. The smallest absolute Gasteiger partial charge is 0.306 e. The molecule has 0 bridgehead atoms. The summed E-state index contributed by atoms with van der Waals surface area (Å²) in [7, 11) is 0.